The minimum Gasteiger partial charge on any atom is -0.351 e. The van der Waals surface area contributed by atoms with Gasteiger partial charge in [0, 0.05) is 24.2 Å². The van der Waals surface area contributed by atoms with E-state index >= 15 is 0 Å². The fourth-order valence-corrected chi connectivity index (χ4v) is 3.01. The molecular weight excluding hydrogens is 373 g/mol. The molecule has 0 spiro atoms. The number of anilines is 1. The lowest BCUT2D eigenvalue weighted by Crippen LogP contribution is -2.25. The Morgan fingerprint density at radius 3 is 2.69 bits per heavy atom. The van der Waals surface area contributed by atoms with E-state index in [1.807, 2.05) is 0 Å². The molecule has 0 radical (unpaired) electrons. The maximum Gasteiger partial charge on any atom is 0.223 e. The molecule has 8 heteroatoms. The third-order valence-corrected chi connectivity index (χ3v) is 4.44. The van der Waals surface area contributed by atoms with Crippen LogP contribution < -0.4 is 5.32 Å². The van der Waals surface area contributed by atoms with Gasteiger partial charge in [-0.25, -0.2) is 19.3 Å². The monoisotopic (exact) mass is 395 g/mol. The van der Waals surface area contributed by atoms with E-state index in [2.05, 4.69) is 33.8 Å². The molecule has 2 N–H and O–H groups in total. The van der Waals surface area contributed by atoms with E-state index in [1.54, 1.807) is 30.5 Å². The van der Waals surface area contributed by atoms with Gasteiger partial charge in [-0.3, -0.25) is 0 Å². The number of hydrogen-bond donors (Lipinski definition) is 2. The number of halogens is 1. The second-order valence-corrected chi connectivity index (χ2v) is 6.89. The zero-order chi connectivity index (χ0) is 20.2. The molecule has 0 saturated carbocycles. The predicted octanol–water partition coefficient (Wildman–Crippen LogP) is 3.95. The van der Waals surface area contributed by atoms with Gasteiger partial charge < -0.3 is 19.8 Å². The van der Waals surface area contributed by atoms with Crippen molar-refractivity contribution in [2.45, 2.75) is 13.2 Å². The highest BCUT2D eigenvalue weighted by atomic mass is 19.1. The van der Waals surface area contributed by atoms with Crippen LogP contribution in [0.3, 0.4) is 0 Å². The third-order valence-electron chi connectivity index (χ3n) is 4.44. The van der Waals surface area contributed by atoms with Crippen LogP contribution in [-0.2, 0) is 9.47 Å². The average Bonchev–Trinajstić information content (AvgIpc) is 3.19. The zero-order valence-electron chi connectivity index (χ0n) is 16.1. The summed E-state index contributed by atoms with van der Waals surface area (Å²) in [6, 6.07) is 7.96. The second-order valence-electron chi connectivity index (χ2n) is 6.89. The van der Waals surface area contributed by atoms with Crippen molar-refractivity contribution in [3.05, 3.63) is 60.8 Å². The molecule has 4 rings (SSSR count). The van der Waals surface area contributed by atoms with Gasteiger partial charge in [0.2, 0.25) is 12.2 Å². The summed E-state index contributed by atoms with van der Waals surface area (Å²) < 4.78 is 25.0. The highest BCUT2D eigenvalue weighted by molar-refractivity contribution is 5.77. The predicted molar refractivity (Wildman–Crippen MR) is 108 cm³/mol. The largest absolute Gasteiger partial charge is 0.351 e. The maximum atomic E-state index is 13.4. The highest BCUT2D eigenvalue weighted by Crippen LogP contribution is 2.33. The molecule has 0 unspecified atom stereocenters. The Morgan fingerprint density at radius 2 is 1.97 bits per heavy atom. The molecule has 3 aromatic rings. The van der Waals surface area contributed by atoms with Gasteiger partial charge in [0.05, 0.1) is 30.3 Å². The van der Waals surface area contributed by atoms with Crippen molar-refractivity contribution in [2.24, 2.45) is 5.92 Å². The Kier molecular flexibility index (Phi) is 5.64. The molecule has 29 heavy (non-hydrogen) atoms. The van der Waals surface area contributed by atoms with E-state index in [0.29, 0.717) is 54.5 Å². The first kappa shape index (κ1) is 19.2. The molecule has 0 amide bonds. The SMILES string of the molecule is C=CCNc1nccc(-c2[nH]c(C3OCC(C)CO3)nc2-c2ccc(F)cc2)n1. The molecule has 1 aliphatic rings. The second kappa shape index (κ2) is 8.50. The van der Waals surface area contributed by atoms with E-state index in [0.717, 1.165) is 5.56 Å². The number of H-pyrrole nitrogens is 1. The lowest BCUT2D eigenvalue weighted by atomic mass is 10.1. The first-order valence-corrected chi connectivity index (χ1v) is 9.41. The van der Waals surface area contributed by atoms with Gasteiger partial charge in [-0.05, 0) is 30.3 Å². The molecule has 1 aromatic carbocycles. The molecule has 1 fully saturated rings. The summed E-state index contributed by atoms with van der Waals surface area (Å²) in [5.41, 5.74) is 2.72. The van der Waals surface area contributed by atoms with Crippen LogP contribution in [0.1, 0.15) is 19.0 Å². The Labute approximate surface area is 168 Å². The molecule has 1 saturated heterocycles. The first-order valence-electron chi connectivity index (χ1n) is 9.41. The van der Waals surface area contributed by atoms with Crippen LogP contribution in [0.5, 0.6) is 0 Å². The molecule has 0 atom stereocenters. The van der Waals surface area contributed by atoms with Gasteiger partial charge in [-0.15, -0.1) is 6.58 Å². The number of ether oxygens (including phenoxy) is 2. The lowest BCUT2D eigenvalue weighted by Gasteiger charge is -2.25. The number of benzene rings is 1. The minimum atomic E-state index is -0.584. The number of aromatic nitrogens is 4. The fraction of sp³-hybridized carbons (Fsp3) is 0.286. The number of nitrogens with one attached hydrogen (secondary N) is 2. The van der Waals surface area contributed by atoms with E-state index < -0.39 is 6.29 Å². The topological polar surface area (TPSA) is 85.0 Å². The molecule has 3 heterocycles. The number of rotatable bonds is 6. The molecule has 0 aliphatic carbocycles. The molecule has 1 aliphatic heterocycles. The van der Waals surface area contributed by atoms with Crippen molar-refractivity contribution in [1.82, 2.24) is 19.9 Å². The molecule has 2 aromatic heterocycles. The number of nitrogens with zero attached hydrogens (tertiary/aromatic N) is 3. The van der Waals surface area contributed by atoms with E-state index in [4.69, 9.17) is 14.5 Å². The molecule has 150 valence electrons. The van der Waals surface area contributed by atoms with Crippen molar-refractivity contribution >= 4 is 5.95 Å². The van der Waals surface area contributed by atoms with Crippen LogP contribution in [0.4, 0.5) is 10.3 Å². The van der Waals surface area contributed by atoms with Crippen LogP contribution in [0.15, 0.2) is 49.2 Å². The highest BCUT2D eigenvalue weighted by Gasteiger charge is 2.26. The Balaban J connectivity index is 1.74. The van der Waals surface area contributed by atoms with Gasteiger partial charge in [0.25, 0.3) is 0 Å². The number of imidazole rings is 1. The van der Waals surface area contributed by atoms with Crippen LogP contribution in [0, 0.1) is 11.7 Å². The van der Waals surface area contributed by atoms with E-state index in [-0.39, 0.29) is 5.82 Å². The van der Waals surface area contributed by atoms with Crippen LogP contribution in [0.25, 0.3) is 22.6 Å². The van der Waals surface area contributed by atoms with Crippen molar-refractivity contribution in [1.29, 1.82) is 0 Å². The van der Waals surface area contributed by atoms with Gasteiger partial charge in [0.1, 0.15) is 5.82 Å². The lowest BCUT2D eigenvalue weighted by molar-refractivity contribution is -0.205. The summed E-state index contributed by atoms with van der Waals surface area (Å²) in [5.74, 6) is 1.04. The first-order chi connectivity index (χ1) is 14.1. The summed E-state index contributed by atoms with van der Waals surface area (Å²) in [6.07, 6.45) is 2.81. The summed E-state index contributed by atoms with van der Waals surface area (Å²) in [7, 11) is 0. The summed E-state index contributed by atoms with van der Waals surface area (Å²) in [6.45, 7) is 7.48. The Hall–Kier alpha value is -3.10. The van der Waals surface area contributed by atoms with Gasteiger partial charge in [-0.2, -0.15) is 0 Å². The van der Waals surface area contributed by atoms with Crippen molar-refractivity contribution < 1.29 is 13.9 Å². The molecule has 0 bridgehead atoms. The third kappa shape index (κ3) is 4.33. The quantitative estimate of drug-likeness (QED) is 0.615. The van der Waals surface area contributed by atoms with E-state index in [1.165, 1.54) is 12.1 Å². The zero-order valence-corrected chi connectivity index (χ0v) is 16.1. The van der Waals surface area contributed by atoms with Crippen molar-refractivity contribution in [2.75, 3.05) is 25.1 Å². The Bertz CT molecular complexity index is 981. The molecular formula is C21H22FN5O2. The van der Waals surface area contributed by atoms with Crippen LogP contribution >= 0.6 is 0 Å². The standard InChI is InChI=1S/C21H22FN5O2/c1-3-9-23-21-24-10-8-16(25-21)18-17(14-4-6-15(22)7-5-14)26-19(27-18)20-28-11-13(2)12-29-20/h3-8,10,13,20H,1,9,11-12H2,2H3,(H,26,27)(H,23,24,25). The number of hydrogen-bond acceptors (Lipinski definition) is 6. The van der Waals surface area contributed by atoms with Gasteiger partial charge in [0.15, 0.2) is 5.82 Å². The summed E-state index contributed by atoms with van der Waals surface area (Å²) in [4.78, 5) is 16.8. The molecule has 7 nitrogen and oxygen atoms in total. The minimum absolute atomic E-state index is 0.308. The van der Waals surface area contributed by atoms with E-state index in [9.17, 15) is 4.39 Å². The van der Waals surface area contributed by atoms with Crippen LogP contribution in [0.2, 0.25) is 0 Å². The normalized spacial score (nSPS) is 19.1. The Morgan fingerprint density at radius 1 is 1.21 bits per heavy atom. The summed E-state index contributed by atoms with van der Waals surface area (Å²) in [5, 5.41) is 3.07. The summed E-state index contributed by atoms with van der Waals surface area (Å²) >= 11 is 0. The van der Waals surface area contributed by atoms with Gasteiger partial charge in [-0.1, -0.05) is 13.0 Å². The van der Waals surface area contributed by atoms with Crippen molar-refractivity contribution in [3.63, 3.8) is 0 Å². The maximum absolute atomic E-state index is 13.4. The van der Waals surface area contributed by atoms with Gasteiger partial charge >= 0.3 is 0 Å². The number of aromatic amines is 1. The fourth-order valence-electron chi connectivity index (χ4n) is 3.01. The van der Waals surface area contributed by atoms with Crippen LogP contribution in [-0.4, -0.2) is 39.7 Å². The average molecular weight is 395 g/mol. The van der Waals surface area contributed by atoms with Crippen molar-refractivity contribution in [3.8, 4) is 22.6 Å². The smallest absolute Gasteiger partial charge is 0.223 e.